The molecule has 2 aromatic rings. The Kier molecular flexibility index (Phi) is 1.41. The zero-order valence-corrected chi connectivity index (χ0v) is 5.78. The summed E-state index contributed by atoms with van der Waals surface area (Å²) in [6.07, 6.45) is 4.43. The number of H-pyrrole nitrogens is 1. The van der Waals surface area contributed by atoms with Crippen molar-refractivity contribution in [3.8, 4) is 11.4 Å². The van der Waals surface area contributed by atoms with E-state index in [0.717, 1.165) is 11.4 Å². The molecule has 0 aliphatic heterocycles. The van der Waals surface area contributed by atoms with Crippen LogP contribution < -0.4 is 0 Å². The molecule has 0 aliphatic rings. The molecule has 11 heavy (non-hydrogen) atoms. The molecule has 1 radical (unpaired) electrons. The molecule has 2 rings (SSSR count). The fourth-order valence-electron chi connectivity index (χ4n) is 0.875. The van der Waals surface area contributed by atoms with E-state index in [1.807, 2.05) is 18.2 Å². The Hall–Kier alpha value is -1.64. The smallest absolute Gasteiger partial charge is 0.113 e. The Balaban J connectivity index is 2.46. The quantitative estimate of drug-likeness (QED) is 0.654. The summed E-state index contributed by atoms with van der Waals surface area (Å²) in [6.45, 7) is 0. The highest BCUT2D eigenvalue weighted by atomic mass is 15.1. The van der Waals surface area contributed by atoms with Gasteiger partial charge in [0.2, 0.25) is 0 Å². The first kappa shape index (κ1) is 6.09. The number of nitrogens with one attached hydrogen (secondary N) is 1. The van der Waals surface area contributed by atoms with Crippen molar-refractivity contribution in [2.45, 2.75) is 0 Å². The van der Waals surface area contributed by atoms with Gasteiger partial charge in [-0.3, -0.25) is 10.1 Å². The molecule has 0 atom stereocenters. The van der Waals surface area contributed by atoms with Gasteiger partial charge in [0.25, 0.3) is 0 Å². The molecule has 3 heteroatoms. The maximum atomic E-state index is 4.13. The Bertz CT molecular complexity index is 312. The van der Waals surface area contributed by atoms with Gasteiger partial charge in [0, 0.05) is 6.20 Å². The zero-order chi connectivity index (χ0) is 7.52. The fourth-order valence-corrected chi connectivity index (χ4v) is 0.875. The minimum atomic E-state index is 0.890. The molecule has 3 nitrogen and oxygen atoms in total. The van der Waals surface area contributed by atoms with E-state index in [-0.39, 0.29) is 0 Å². The van der Waals surface area contributed by atoms with Crippen molar-refractivity contribution in [2.24, 2.45) is 0 Å². The van der Waals surface area contributed by atoms with Crippen LogP contribution in [-0.2, 0) is 0 Å². The van der Waals surface area contributed by atoms with Gasteiger partial charge in [-0.2, -0.15) is 5.10 Å². The number of rotatable bonds is 1. The Morgan fingerprint density at radius 2 is 2.36 bits per heavy atom. The summed E-state index contributed by atoms with van der Waals surface area (Å²) < 4.78 is 0. The molecular weight excluding hydrogens is 138 g/mol. The summed E-state index contributed by atoms with van der Waals surface area (Å²) in [6, 6.07) is 7.50. The van der Waals surface area contributed by atoms with Crippen LogP contribution in [0.1, 0.15) is 0 Å². The van der Waals surface area contributed by atoms with Crippen LogP contribution in [-0.4, -0.2) is 15.2 Å². The lowest BCUT2D eigenvalue weighted by Crippen LogP contribution is -1.80. The van der Waals surface area contributed by atoms with E-state index in [9.17, 15) is 0 Å². The van der Waals surface area contributed by atoms with E-state index in [1.165, 1.54) is 0 Å². The highest BCUT2D eigenvalue weighted by molar-refractivity contribution is 5.51. The summed E-state index contributed by atoms with van der Waals surface area (Å²) in [5.41, 5.74) is 1.78. The molecule has 0 spiro atoms. The van der Waals surface area contributed by atoms with Crippen molar-refractivity contribution in [3.63, 3.8) is 0 Å². The lowest BCUT2D eigenvalue weighted by Gasteiger charge is -1.92. The van der Waals surface area contributed by atoms with Crippen molar-refractivity contribution in [1.82, 2.24) is 15.2 Å². The minimum absolute atomic E-state index is 0.890. The van der Waals surface area contributed by atoms with Crippen molar-refractivity contribution < 1.29 is 0 Å². The van der Waals surface area contributed by atoms with Crippen molar-refractivity contribution in [3.05, 3.63) is 36.7 Å². The van der Waals surface area contributed by atoms with Gasteiger partial charge in [-0.1, -0.05) is 6.07 Å². The Morgan fingerprint density at radius 3 is 3.00 bits per heavy atom. The summed E-state index contributed by atoms with van der Waals surface area (Å²) >= 11 is 0. The van der Waals surface area contributed by atoms with Crippen molar-refractivity contribution >= 4 is 0 Å². The second-order valence-corrected chi connectivity index (χ2v) is 2.13. The molecule has 0 saturated heterocycles. The SMILES string of the molecule is [c]1cc(-c2ccccn2)[nH]n1. The second-order valence-electron chi connectivity index (χ2n) is 2.13. The van der Waals surface area contributed by atoms with Gasteiger partial charge in [-0.25, -0.2) is 0 Å². The first-order valence-corrected chi connectivity index (χ1v) is 3.30. The maximum absolute atomic E-state index is 4.13. The molecule has 2 heterocycles. The number of hydrogen-bond donors (Lipinski definition) is 1. The Morgan fingerprint density at radius 1 is 1.36 bits per heavy atom. The van der Waals surface area contributed by atoms with Gasteiger partial charge in [0.05, 0.1) is 11.4 Å². The first-order valence-electron chi connectivity index (χ1n) is 3.30. The van der Waals surface area contributed by atoms with Crippen LogP contribution in [0, 0.1) is 6.20 Å². The number of aromatic amines is 1. The van der Waals surface area contributed by atoms with Gasteiger partial charge >= 0.3 is 0 Å². The van der Waals surface area contributed by atoms with E-state index in [2.05, 4.69) is 21.4 Å². The van der Waals surface area contributed by atoms with Gasteiger partial charge in [-0.15, -0.1) is 0 Å². The average Bonchev–Trinajstić information content (AvgIpc) is 2.58. The number of nitrogens with zero attached hydrogens (tertiary/aromatic N) is 2. The molecule has 0 fully saturated rings. The molecule has 1 N–H and O–H groups in total. The lowest BCUT2D eigenvalue weighted by molar-refractivity contribution is 1.08. The summed E-state index contributed by atoms with van der Waals surface area (Å²) in [7, 11) is 0. The van der Waals surface area contributed by atoms with Crippen LogP contribution >= 0.6 is 0 Å². The third-order valence-corrected chi connectivity index (χ3v) is 1.39. The number of hydrogen-bond acceptors (Lipinski definition) is 2. The van der Waals surface area contributed by atoms with Crippen LogP contribution in [0.2, 0.25) is 0 Å². The van der Waals surface area contributed by atoms with Gasteiger partial charge in [0.1, 0.15) is 6.20 Å². The summed E-state index contributed by atoms with van der Waals surface area (Å²) in [5, 5.41) is 6.49. The molecule has 2 aromatic heterocycles. The molecule has 53 valence electrons. The summed E-state index contributed by atoms with van der Waals surface area (Å²) in [5.74, 6) is 0. The second kappa shape index (κ2) is 2.54. The van der Waals surface area contributed by atoms with E-state index in [4.69, 9.17) is 0 Å². The predicted molar refractivity (Wildman–Crippen MR) is 40.7 cm³/mol. The van der Waals surface area contributed by atoms with Crippen LogP contribution in [0.25, 0.3) is 11.4 Å². The third-order valence-electron chi connectivity index (χ3n) is 1.39. The van der Waals surface area contributed by atoms with Crippen LogP contribution in [0.15, 0.2) is 30.5 Å². The van der Waals surface area contributed by atoms with Gasteiger partial charge in [0.15, 0.2) is 0 Å². The topological polar surface area (TPSA) is 41.6 Å². The summed E-state index contributed by atoms with van der Waals surface area (Å²) in [4.78, 5) is 4.13. The van der Waals surface area contributed by atoms with E-state index in [1.54, 1.807) is 12.3 Å². The molecule has 0 bridgehead atoms. The fraction of sp³-hybridized carbons (Fsp3) is 0. The Labute approximate surface area is 64.1 Å². The first-order chi connectivity index (χ1) is 5.47. The van der Waals surface area contributed by atoms with Crippen molar-refractivity contribution in [2.75, 3.05) is 0 Å². The number of pyridine rings is 1. The zero-order valence-electron chi connectivity index (χ0n) is 5.78. The molecule has 0 saturated carbocycles. The van der Waals surface area contributed by atoms with Gasteiger partial charge < -0.3 is 0 Å². The molecule has 0 amide bonds. The highest BCUT2D eigenvalue weighted by Gasteiger charge is 1.96. The highest BCUT2D eigenvalue weighted by Crippen LogP contribution is 2.10. The normalized spacial score (nSPS) is 9.82. The van der Waals surface area contributed by atoms with Crippen LogP contribution in [0.5, 0.6) is 0 Å². The average molecular weight is 144 g/mol. The largest absolute Gasteiger partial charge is 0.276 e. The maximum Gasteiger partial charge on any atom is 0.113 e. The number of aromatic nitrogens is 3. The van der Waals surface area contributed by atoms with Gasteiger partial charge in [-0.05, 0) is 18.2 Å². The third kappa shape index (κ3) is 1.12. The molecular formula is C8H6N3. The predicted octanol–water partition coefficient (Wildman–Crippen LogP) is 1.27. The molecule has 0 aromatic carbocycles. The monoisotopic (exact) mass is 144 g/mol. The minimum Gasteiger partial charge on any atom is -0.276 e. The molecule has 0 aliphatic carbocycles. The molecule has 0 unspecified atom stereocenters. The van der Waals surface area contributed by atoms with E-state index < -0.39 is 0 Å². The standard InChI is InChI=1S/C8H6N3/c1-2-5-9-7(3-1)8-4-6-10-11-8/h1-5H,(H,10,11). The van der Waals surface area contributed by atoms with Crippen molar-refractivity contribution in [1.29, 1.82) is 0 Å². The van der Waals surface area contributed by atoms with E-state index >= 15 is 0 Å². The van der Waals surface area contributed by atoms with Crippen LogP contribution in [0.3, 0.4) is 0 Å². The van der Waals surface area contributed by atoms with E-state index in [0.29, 0.717) is 0 Å². The lowest BCUT2D eigenvalue weighted by atomic mass is 10.3. The van der Waals surface area contributed by atoms with Crippen LogP contribution in [0.4, 0.5) is 0 Å².